The van der Waals surface area contributed by atoms with Crippen LogP contribution in [0.5, 0.6) is 11.8 Å². The SMILES string of the molecule is C=CC(=O)N1CCN(c2nc(OCC3CCCN3C)nn3c(Cc4cc(O)cc5ccccc45)cnc23)CC1CC#N. The van der Waals surface area contributed by atoms with E-state index in [0.29, 0.717) is 50.2 Å². The zero-order chi connectivity index (χ0) is 29.2. The van der Waals surface area contributed by atoms with Gasteiger partial charge in [-0.3, -0.25) is 4.79 Å². The molecule has 11 nitrogen and oxygen atoms in total. The molecule has 2 aliphatic rings. The highest BCUT2D eigenvalue weighted by molar-refractivity contribution is 5.88. The Morgan fingerprint density at radius 3 is 2.88 bits per heavy atom. The molecule has 42 heavy (non-hydrogen) atoms. The molecular weight excluding hydrogens is 532 g/mol. The molecule has 0 saturated carbocycles. The number of phenols is 1. The summed E-state index contributed by atoms with van der Waals surface area (Å²) in [4.78, 5) is 28.1. The molecular formula is C31H34N8O3. The lowest BCUT2D eigenvalue weighted by atomic mass is 10.0. The normalized spacial score (nSPS) is 19.3. The summed E-state index contributed by atoms with van der Waals surface area (Å²) in [5.41, 5.74) is 2.34. The van der Waals surface area contributed by atoms with E-state index in [-0.39, 0.29) is 30.1 Å². The Bertz CT molecular complexity index is 1680. The Balaban J connectivity index is 1.38. The average molecular weight is 567 g/mol. The van der Waals surface area contributed by atoms with Gasteiger partial charge in [-0.1, -0.05) is 30.8 Å². The first-order valence-corrected chi connectivity index (χ1v) is 14.3. The number of fused-ring (bicyclic) bond motifs is 2. The van der Waals surface area contributed by atoms with E-state index in [1.165, 1.54) is 6.08 Å². The summed E-state index contributed by atoms with van der Waals surface area (Å²) in [6.07, 6.45) is 5.94. The van der Waals surface area contributed by atoms with Crippen LogP contribution >= 0.6 is 0 Å². The van der Waals surface area contributed by atoms with Crippen molar-refractivity contribution in [3.05, 3.63) is 66.5 Å². The van der Waals surface area contributed by atoms with Crippen LogP contribution in [-0.2, 0) is 11.2 Å². The molecule has 11 heteroatoms. The fourth-order valence-electron chi connectivity index (χ4n) is 6.10. The van der Waals surface area contributed by atoms with Gasteiger partial charge in [0.1, 0.15) is 12.4 Å². The average Bonchev–Trinajstić information content (AvgIpc) is 3.60. The quantitative estimate of drug-likeness (QED) is 0.320. The van der Waals surface area contributed by atoms with Crippen LogP contribution in [-0.4, -0.2) is 92.3 Å². The number of hydrogen-bond acceptors (Lipinski definition) is 9. The molecule has 2 unspecified atom stereocenters. The van der Waals surface area contributed by atoms with E-state index < -0.39 is 0 Å². The molecule has 0 bridgehead atoms. The van der Waals surface area contributed by atoms with Crippen LogP contribution in [0.4, 0.5) is 5.82 Å². The number of amides is 1. The summed E-state index contributed by atoms with van der Waals surface area (Å²) in [6, 6.07) is 13.9. The van der Waals surface area contributed by atoms with E-state index in [2.05, 4.69) is 29.5 Å². The van der Waals surface area contributed by atoms with E-state index in [1.54, 1.807) is 27.7 Å². The number of benzene rings is 2. The van der Waals surface area contributed by atoms with Gasteiger partial charge in [0, 0.05) is 32.1 Å². The first kappa shape index (κ1) is 27.5. The molecule has 0 aliphatic carbocycles. The molecule has 4 heterocycles. The number of rotatable bonds is 8. The van der Waals surface area contributed by atoms with Crippen molar-refractivity contribution in [2.75, 3.05) is 44.7 Å². The topological polar surface area (TPSA) is 123 Å². The molecule has 2 saturated heterocycles. The predicted octanol–water partition coefficient (Wildman–Crippen LogP) is 3.16. The van der Waals surface area contributed by atoms with Crippen LogP contribution in [0.2, 0.25) is 0 Å². The maximum Gasteiger partial charge on any atom is 0.336 e. The molecule has 0 spiro atoms. The van der Waals surface area contributed by atoms with Crippen LogP contribution in [0.3, 0.4) is 0 Å². The summed E-state index contributed by atoms with van der Waals surface area (Å²) >= 11 is 0. The number of phenolic OH excluding ortho intramolecular Hbond substituents is 1. The zero-order valence-electron chi connectivity index (χ0n) is 23.7. The van der Waals surface area contributed by atoms with Crippen LogP contribution in [0, 0.1) is 11.3 Å². The number of anilines is 1. The standard InChI is InChI=1S/C31H34N8O3/c1-3-28(41)38-14-13-37(19-23(38)10-11-32)30-29-33-18-25(15-22-17-26(40)16-21-7-4-5-9-27(21)22)39(29)35-31(34-30)42-20-24-8-6-12-36(24)2/h3-5,7,9,16-18,23-24,40H,1,6,8,10,12-15,19-20H2,2H3. The lowest BCUT2D eigenvalue weighted by Gasteiger charge is -2.40. The fraction of sp³-hybridized carbons (Fsp3) is 0.387. The van der Waals surface area contributed by atoms with Crippen LogP contribution in [0.15, 0.2) is 55.3 Å². The maximum absolute atomic E-state index is 12.5. The molecule has 6 rings (SSSR count). The first-order chi connectivity index (χ1) is 20.4. The number of likely N-dealkylation sites (N-methyl/N-ethyl adjacent to an activating group) is 1. The molecule has 2 aromatic heterocycles. The molecule has 4 aromatic rings. The van der Waals surface area contributed by atoms with Gasteiger partial charge >= 0.3 is 6.01 Å². The summed E-state index contributed by atoms with van der Waals surface area (Å²) in [7, 11) is 2.10. The third-order valence-corrected chi connectivity index (χ3v) is 8.34. The first-order valence-electron chi connectivity index (χ1n) is 14.3. The highest BCUT2D eigenvalue weighted by Crippen LogP contribution is 2.29. The number of ether oxygens (including phenoxy) is 1. The van der Waals surface area contributed by atoms with Crippen molar-refractivity contribution in [1.82, 2.24) is 29.4 Å². The predicted molar refractivity (Wildman–Crippen MR) is 158 cm³/mol. The van der Waals surface area contributed by atoms with Crippen molar-refractivity contribution in [2.24, 2.45) is 0 Å². The van der Waals surface area contributed by atoms with Crippen molar-refractivity contribution in [1.29, 1.82) is 5.26 Å². The van der Waals surface area contributed by atoms with Crippen molar-refractivity contribution < 1.29 is 14.6 Å². The van der Waals surface area contributed by atoms with Crippen LogP contribution < -0.4 is 9.64 Å². The Kier molecular flexibility index (Phi) is 7.63. The Morgan fingerprint density at radius 2 is 2.10 bits per heavy atom. The van der Waals surface area contributed by atoms with E-state index in [9.17, 15) is 15.2 Å². The largest absolute Gasteiger partial charge is 0.508 e. The lowest BCUT2D eigenvalue weighted by Crippen LogP contribution is -2.55. The van der Waals surface area contributed by atoms with Gasteiger partial charge in [-0.2, -0.15) is 10.2 Å². The summed E-state index contributed by atoms with van der Waals surface area (Å²) in [5.74, 6) is 0.613. The minimum atomic E-state index is -0.311. The molecule has 1 N–H and O–H groups in total. The van der Waals surface area contributed by atoms with Gasteiger partial charge in [0.05, 0.1) is 30.4 Å². The van der Waals surface area contributed by atoms with Crippen molar-refractivity contribution in [3.8, 4) is 17.8 Å². The summed E-state index contributed by atoms with van der Waals surface area (Å²) < 4.78 is 7.98. The number of nitriles is 1. The van der Waals surface area contributed by atoms with Crippen LogP contribution in [0.1, 0.15) is 30.5 Å². The second-order valence-corrected chi connectivity index (χ2v) is 11.0. The van der Waals surface area contributed by atoms with Crippen molar-refractivity contribution >= 4 is 28.1 Å². The Morgan fingerprint density at radius 1 is 1.24 bits per heavy atom. The minimum Gasteiger partial charge on any atom is -0.508 e. The molecule has 2 fully saturated rings. The van der Waals surface area contributed by atoms with Gasteiger partial charge in [0.25, 0.3) is 0 Å². The van der Waals surface area contributed by atoms with Gasteiger partial charge in [-0.05, 0) is 61.0 Å². The number of carbonyl (C=O) groups is 1. The van der Waals surface area contributed by atoms with Crippen LogP contribution in [0.25, 0.3) is 16.4 Å². The number of carbonyl (C=O) groups excluding carboxylic acids is 1. The lowest BCUT2D eigenvalue weighted by molar-refractivity contribution is -0.128. The highest BCUT2D eigenvalue weighted by atomic mass is 16.5. The molecule has 2 atom stereocenters. The van der Waals surface area contributed by atoms with E-state index in [0.717, 1.165) is 41.4 Å². The third-order valence-electron chi connectivity index (χ3n) is 8.34. The van der Waals surface area contributed by atoms with Gasteiger partial charge in [-0.15, -0.1) is 5.10 Å². The molecule has 216 valence electrons. The second-order valence-electron chi connectivity index (χ2n) is 11.0. The molecule has 2 aromatic carbocycles. The number of hydrogen-bond donors (Lipinski definition) is 1. The minimum absolute atomic E-state index is 0.186. The van der Waals surface area contributed by atoms with Gasteiger partial charge in [0.15, 0.2) is 11.5 Å². The van der Waals surface area contributed by atoms with Gasteiger partial charge in [-0.25, -0.2) is 9.50 Å². The van der Waals surface area contributed by atoms with E-state index in [1.807, 2.05) is 24.3 Å². The van der Waals surface area contributed by atoms with Crippen molar-refractivity contribution in [2.45, 2.75) is 37.8 Å². The summed E-state index contributed by atoms with van der Waals surface area (Å²) in [6.45, 7) is 6.50. The third kappa shape index (κ3) is 5.33. The van der Waals surface area contributed by atoms with Gasteiger partial charge < -0.3 is 24.5 Å². The molecule has 1 amide bonds. The highest BCUT2D eigenvalue weighted by Gasteiger charge is 2.32. The Hall–Kier alpha value is -4.69. The number of likely N-dealkylation sites (tertiary alicyclic amines) is 1. The monoisotopic (exact) mass is 566 g/mol. The smallest absolute Gasteiger partial charge is 0.336 e. The van der Waals surface area contributed by atoms with E-state index in [4.69, 9.17) is 19.8 Å². The maximum atomic E-state index is 12.5. The fourth-order valence-corrected chi connectivity index (χ4v) is 6.10. The number of imidazole rings is 1. The molecule has 2 aliphatic heterocycles. The second kappa shape index (κ2) is 11.7. The van der Waals surface area contributed by atoms with Gasteiger partial charge in [0.2, 0.25) is 5.91 Å². The number of nitrogens with zero attached hydrogens (tertiary/aromatic N) is 8. The number of piperazine rings is 1. The Labute approximate surface area is 244 Å². The van der Waals surface area contributed by atoms with E-state index >= 15 is 0 Å². The molecule has 0 radical (unpaired) electrons. The zero-order valence-corrected chi connectivity index (χ0v) is 23.7. The number of aromatic nitrogens is 4. The van der Waals surface area contributed by atoms with Crippen molar-refractivity contribution in [3.63, 3.8) is 0 Å². The summed E-state index contributed by atoms with van der Waals surface area (Å²) in [5, 5.41) is 26.7. The number of aromatic hydroxyl groups is 1.